The molecule has 1 aromatic carbocycles. The van der Waals surface area contributed by atoms with E-state index in [0.717, 1.165) is 11.3 Å². The van der Waals surface area contributed by atoms with Crippen molar-refractivity contribution in [3.05, 3.63) is 29.8 Å². The number of rotatable bonds is 5. The van der Waals surface area contributed by atoms with Crippen molar-refractivity contribution in [2.24, 2.45) is 0 Å². The summed E-state index contributed by atoms with van der Waals surface area (Å²) in [7, 11) is 4.92. The molecule has 0 fully saturated rings. The third-order valence-electron chi connectivity index (χ3n) is 3.10. The lowest BCUT2D eigenvalue weighted by molar-refractivity contribution is -0.124. The lowest BCUT2D eigenvalue weighted by atomic mass is 10.2. The van der Waals surface area contributed by atoms with Gasteiger partial charge in [-0.1, -0.05) is 12.1 Å². The number of carbonyl (C=O) groups excluding carboxylic acids is 2. The normalized spacial score (nSPS) is 11.8. The van der Waals surface area contributed by atoms with Gasteiger partial charge in [0.1, 0.15) is 5.75 Å². The van der Waals surface area contributed by atoms with Crippen LogP contribution >= 0.6 is 0 Å². The number of nitrogens with one attached hydrogen (secondary N) is 2. The van der Waals surface area contributed by atoms with Crippen molar-refractivity contribution in [3.63, 3.8) is 0 Å². The largest absolute Gasteiger partial charge is 0.497 e. The van der Waals surface area contributed by atoms with Crippen LogP contribution in [0.25, 0.3) is 0 Å². The minimum atomic E-state index is -0.500. The van der Waals surface area contributed by atoms with E-state index in [-0.39, 0.29) is 5.91 Å². The molecular weight excluding hydrogens is 258 g/mol. The number of methoxy groups -OCH3 is 1. The molecule has 0 saturated carbocycles. The summed E-state index contributed by atoms with van der Waals surface area (Å²) in [4.78, 5) is 24.8. The minimum Gasteiger partial charge on any atom is -0.497 e. The summed E-state index contributed by atoms with van der Waals surface area (Å²) >= 11 is 0. The Hall–Kier alpha value is -2.08. The number of ether oxygens (including phenoxy) is 1. The van der Waals surface area contributed by atoms with Crippen LogP contribution in [0.3, 0.4) is 0 Å². The van der Waals surface area contributed by atoms with Crippen LogP contribution in [0, 0.1) is 0 Å². The van der Waals surface area contributed by atoms with Gasteiger partial charge in [0.2, 0.25) is 5.91 Å². The molecule has 0 bridgehead atoms. The maximum Gasteiger partial charge on any atom is 0.321 e. The van der Waals surface area contributed by atoms with Gasteiger partial charge in [-0.25, -0.2) is 4.79 Å². The van der Waals surface area contributed by atoms with Crippen LogP contribution in [0.1, 0.15) is 12.5 Å². The highest BCUT2D eigenvalue weighted by Crippen LogP contribution is 2.13. The van der Waals surface area contributed by atoms with Crippen molar-refractivity contribution in [1.29, 1.82) is 0 Å². The zero-order chi connectivity index (χ0) is 15.1. The summed E-state index contributed by atoms with van der Waals surface area (Å²) in [5.41, 5.74) is 1.06. The quantitative estimate of drug-likeness (QED) is 0.842. The minimum absolute atomic E-state index is 0.333. The number of nitrogens with zero attached hydrogens (tertiary/aromatic N) is 1. The molecule has 6 nitrogen and oxygen atoms in total. The Labute approximate surface area is 119 Å². The smallest absolute Gasteiger partial charge is 0.321 e. The van der Waals surface area contributed by atoms with Crippen molar-refractivity contribution >= 4 is 11.9 Å². The molecule has 6 heteroatoms. The van der Waals surface area contributed by atoms with E-state index < -0.39 is 12.1 Å². The average Bonchev–Trinajstić information content (AvgIpc) is 2.46. The Morgan fingerprint density at radius 2 is 1.90 bits per heavy atom. The number of hydrogen-bond donors (Lipinski definition) is 2. The molecule has 110 valence electrons. The second kappa shape index (κ2) is 7.49. The van der Waals surface area contributed by atoms with Gasteiger partial charge in [0.05, 0.1) is 13.2 Å². The van der Waals surface area contributed by atoms with Gasteiger partial charge in [-0.15, -0.1) is 0 Å². The monoisotopic (exact) mass is 279 g/mol. The number of likely N-dealkylation sites (N-methyl/N-ethyl adjacent to an activating group) is 1. The number of benzene rings is 1. The topological polar surface area (TPSA) is 70.7 Å². The Balaban J connectivity index is 2.57. The summed E-state index contributed by atoms with van der Waals surface area (Å²) in [6, 6.07) is 6.72. The van der Waals surface area contributed by atoms with Crippen molar-refractivity contribution in [3.8, 4) is 5.75 Å². The predicted octanol–water partition coefficient (Wildman–Crippen LogP) is 0.971. The maximum absolute atomic E-state index is 11.8. The van der Waals surface area contributed by atoms with Crippen LogP contribution < -0.4 is 15.4 Å². The molecule has 3 amide bonds. The first kappa shape index (κ1) is 16.0. The van der Waals surface area contributed by atoms with Gasteiger partial charge < -0.3 is 10.1 Å². The van der Waals surface area contributed by atoms with E-state index in [1.165, 1.54) is 7.05 Å². The molecule has 1 rings (SSSR count). The average molecular weight is 279 g/mol. The molecule has 20 heavy (non-hydrogen) atoms. The second-order valence-electron chi connectivity index (χ2n) is 4.51. The molecule has 0 spiro atoms. The fourth-order valence-electron chi connectivity index (χ4n) is 1.63. The van der Waals surface area contributed by atoms with Gasteiger partial charge >= 0.3 is 6.03 Å². The second-order valence-corrected chi connectivity index (χ2v) is 4.51. The number of carbonyl (C=O) groups is 2. The molecular formula is C14H21N3O3. The summed E-state index contributed by atoms with van der Waals surface area (Å²) in [5.74, 6) is 0.460. The number of amides is 3. The summed E-state index contributed by atoms with van der Waals surface area (Å²) in [5, 5.41) is 4.61. The number of imide groups is 1. The highest BCUT2D eigenvalue weighted by molar-refractivity contribution is 5.96. The summed E-state index contributed by atoms with van der Waals surface area (Å²) in [6.45, 7) is 2.36. The first-order valence-corrected chi connectivity index (χ1v) is 6.33. The Morgan fingerprint density at radius 3 is 2.40 bits per heavy atom. The molecule has 2 N–H and O–H groups in total. The Kier molecular flexibility index (Phi) is 5.99. The number of hydrogen-bond acceptors (Lipinski definition) is 4. The van der Waals surface area contributed by atoms with Gasteiger partial charge in [-0.05, 0) is 31.7 Å². The van der Waals surface area contributed by atoms with E-state index in [9.17, 15) is 9.59 Å². The van der Waals surface area contributed by atoms with Crippen molar-refractivity contribution in [2.45, 2.75) is 19.5 Å². The Morgan fingerprint density at radius 1 is 1.30 bits per heavy atom. The zero-order valence-corrected chi connectivity index (χ0v) is 12.3. The van der Waals surface area contributed by atoms with Crippen LogP contribution in [0.4, 0.5) is 4.79 Å². The third-order valence-corrected chi connectivity index (χ3v) is 3.10. The Bertz CT molecular complexity index is 459. The highest BCUT2D eigenvalue weighted by Gasteiger charge is 2.19. The molecule has 0 radical (unpaired) electrons. The van der Waals surface area contributed by atoms with Gasteiger partial charge in [0.25, 0.3) is 0 Å². The summed E-state index contributed by atoms with van der Waals surface area (Å²) < 4.78 is 5.09. The lowest BCUT2D eigenvalue weighted by Gasteiger charge is -2.23. The fourth-order valence-corrected chi connectivity index (χ4v) is 1.63. The van der Waals surface area contributed by atoms with Crippen molar-refractivity contribution in [1.82, 2.24) is 15.5 Å². The summed E-state index contributed by atoms with van der Waals surface area (Å²) in [6.07, 6.45) is 0. The molecule has 1 unspecified atom stereocenters. The van der Waals surface area contributed by atoms with Crippen LogP contribution in [0.5, 0.6) is 5.75 Å². The van der Waals surface area contributed by atoms with E-state index in [1.807, 2.05) is 36.2 Å². The van der Waals surface area contributed by atoms with Gasteiger partial charge in [0, 0.05) is 13.6 Å². The van der Waals surface area contributed by atoms with Crippen LogP contribution in [-0.4, -0.2) is 44.1 Å². The molecule has 1 aromatic rings. The third kappa shape index (κ3) is 4.55. The molecule has 0 aromatic heterocycles. The fraction of sp³-hybridized carbons (Fsp3) is 0.429. The van der Waals surface area contributed by atoms with E-state index >= 15 is 0 Å². The van der Waals surface area contributed by atoms with E-state index in [0.29, 0.717) is 6.54 Å². The van der Waals surface area contributed by atoms with Crippen molar-refractivity contribution < 1.29 is 14.3 Å². The standard InChI is InChI=1S/C14H21N3O3/c1-10(13(18)16-14(19)15-2)17(3)9-11-5-7-12(20-4)8-6-11/h5-8,10H,9H2,1-4H3,(H2,15,16,18,19). The van der Waals surface area contributed by atoms with E-state index in [2.05, 4.69) is 10.6 Å². The van der Waals surface area contributed by atoms with Crippen LogP contribution in [-0.2, 0) is 11.3 Å². The van der Waals surface area contributed by atoms with Gasteiger partial charge in [-0.3, -0.25) is 15.0 Å². The predicted molar refractivity (Wildman–Crippen MR) is 76.5 cm³/mol. The van der Waals surface area contributed by atoms with Crippen LogP contribution in [0.2, 0.25) is 0 Å². The SMILES string of the molecule is CNC(=O)NC(=O)C(C)N(C)Cc1ccc(OC)cc1. The molecule has 0 aliphatic heterocycles. The maximum atomic E-state index is 11.8. The first-order chi connectivity index (χ1) is 9.47. The zero-order valence-electron chi connectivity index (χ0n) is 12.3. The van der Waals surface area contributed by atoms with E-state index in [4.69, 9.17) is 4.74 Å². The van der Waals surface area contributed by atoms with E-state index in [1.54, 1.807) is 14.0 Å². The molecule has 0 saturated heterocycles. The molecule has 1 atom stereocenters. The molecule has 0 aliphatic rings. The van der Waals surface area contributed by atoms with Crippen molar-refractivity contribution in [2.75, 3.05) is 21.2 Å². The highest BCUT2D eigenvalue weighted by atomic mass is 16.5. The number of urea groups is 1. The molecule has 0 heterocycles. The van der Waals surface area contributed by atoms with Gasteiger partial charge in [0.15, 0.2) is 0 Å². The molecule has 0 aliphatic carbocycles. The first-order valence-electron chi connectivity index (χ1n) is 6.33. The van der Waals surface area contributed by atoms with Gasteiger partial charge in [-0.2, -0.15) is 0 Å². The lowest BCUT2D eigenvalue weighted by Crippen LogP contribution is -2.47. The van der Waals surface area contributed by atoms with Crippen LogP contribution in [0.15, 0.2) is 24.3 Å².